The van der Waals surface area contributed by atoms with Crippen molar-refractivity contribution >= 4 is 23.5 Å². The summed E-state index contributed by atoms with van der Waals surface area (Å²) in [6, 6.07) is 3.37. The lowest BCUT2D eigenvalue weighted by atomic mass is 9.68. The Kier molecular flexibility index (Phi) is 3.78. The molecule has 3 aliphatic rings. The molecule has 3 aliphatic heterocycles. The number of fused-ring (bicyclic) bond motifs is 4. The first-order valence-corrected chi connectivity index (χ1v) is 9.15. The number of nitrogens with zero attached hydrogens (tertiary/aromatic N) is 2. The minimum Gasteiger partial charge on any atom is -0.364 e. The number of imide groups is 2. The molecule has 2 saturated heterocycles. The molecule has 4 rings (SSSR count). The summed E-state index contributed by atoms with van der Waals surface area (Å²) in [5.74, 6) is -1.34. The second-order valence-electron chi connectivity index (χ2n) is 7.44. The van der Waals surface area contributed by atoms with Crippen LogP contribution in [-0.2, 0) is 16.0 Å². The van der Waals surface area contributed by atoms with Gasteiger partial charge in [-0.3, -0.25) is 19.8 Å². The number of rotatable bonds is 2. The van der Waals surface area contributed by atoms with E-state index in [1.807, 2.05) is 11.8 Å². The van der Waals surface area contributed by atoms with Gasteiger partial charge in [-0.15, -0.1) is 0 Å². The fourth-order valence-electron chi connectivity index (χ4n) is 4.70. The zero-order valence-electron chi connectivity index (χ0n) is 14.9. The number of amides is 4. The van der Waals surface area contributed by atoms with Gasteiger partial charge in [-0.1, -0.05) is 19.1 Å². The maximum Gasteiger partial charge on any atom is 0.331 e. The van der Waals surface area contributed by atoms with Gasteiger partial charge in [0.2, 0.25) is 11.8 Å². The van der Waals surface area contributed by atoms with Gasteiger partial charge in [0, 0.05) is 12.6 Å². The van der Waals surface area contributed by atoms with E-state index in [-0.39, 0.29) is 18.3 Å². The van der Waals surface area contributed by atoms with Gasteiger partial charge in [0.15, 0.2) is 5.41 Å². The number of carbonyl (C=O) groups excluding carboxylic acids is 3. The fourth-order valence-corrected chi connectivity index (χ4v) is 4.70. The van der Waals surface area contributed by atoms with Gasteiger partial charge in [-0.05, 0) is 44.2 Å². The van der Waals surface area contributed by atoms with Crippen LogP contribution in [0.25, 0.3) is 0 Å². The minimum absolute atomic E-state index is 0.117. The van der Waals surface area contributed by atoms with Crippen molar-refractivity contribution in [2.45, 2.75) is 51.6 Å². The van der Waals surface area contributed by atoms with Gasteiger partial charge >= 0.3 is 6.03 Å². The molecule has 1 N–H and O–H groups in total. The molecule has 0 aromatic heterocycles. The van der Waals surface area contributed by atoms with Gasteiger partial charge in [0.1, 0.15) is 5.82 Å². The lowest BCUT2D eigenvalue weighted by molar-refractivity contribution is -0.154. The van der Waals surface area contributed by atoms with Crippen LogP contribution < -0.4 is 10.2 Å². The molecule has 1 aromatic rings. The van der Waals surface area contributed by atoms with Gasteiger partial charge in [-0.25, -0.2) is 9.18 Å². The Morgan fingerprint density at radius 2 is 2.12 bits per heavy atom. The Morgan fingerprint density at radius 1 is 1.35 bits per heavy atom. The van der Waals surface area contributed by atoms with Crippen LogP contribution in [0.5, 0.6) is 0 Å². The largest absolute Gasteiger partial charge is 0.364 e. The van der Waals surface area contributed by atoms with E-state index < -0.39 is 29.3 Å². The standard InChI is InChI=1S/C19H22FN3O3/c1-3-11(2)23-17(25)19(16(24)21-18(23)26)10-12-6-4-7-13(20)15(12)22-9-5-8-14(19)22/h4,6-7,11,14H,3,5,8-10H2,1-2H3,(H,21,24,26)/t11-,14-,19-/m1/s1. The summed E-state index contributed by atoms with van der Waals surface area (Å²) in [6.45, 7) is 4.28. The number of hydrogen-bond donors (Lipinski definition) is 1. The first-order valence-electron chi connectivity index (χ1n) is 9.15. The number of urea groups is 1. The molecule has 4 amide bonds. The van der Waals surface area contributed by atoms with Gasteiger partial charge in [0.05, 0.1) is 11.7 Å². The number of carbonyl (C=O) groups is 3. The fraction of sp³-hybridized carbons (Fsp3) is 0.526. The van der Waals surface area contributed by atoms with Crippen LogP contribution in [0.1, 0.15) is 38.7 Å². The first-order chi connectivity index (χ1) is 12.4. The minimum atomic E-state index is -1.38. The van der Waals surface area contributed by atoms with Crippen molar-refractivity contribution in [3.8, 4) is 0 Å². The molecule has 3 heterocycles. The average Bonchev–Trinajstić information content (AvgIpc) is 3.09. The third-order valence-corrected chi connectivity index (χ3v) is 6.12. The first kappa shape index (κ1) is 17.0. The zero-order valence-corrected chi connectivity index (χ0v) is 14.9. The predicted molar refractivity (Wildman–Crippen MR) is 93.0 cm³/mol. The van der Waals surface area contributed by atoms with E-state index >= 15 is 0 Å². The Morgan fingerprint density at radius 3 is 2.85 bits per heavy atom. The summed E-state index contributed by atoms with van der Waals surface area (Å²) in [7, 11) is 0. The van der Waals surface area contributed by atoms with Crippen LogP contribution in [0, 0.1) is 11.2 Å². The van der Waals surface area contributed by atoms with Crippen LogP contribution in [0.15, 0.2) is 18.2 Å². The van der Waals surface area contributed by atoms with Gasteiger partial charge in [-0.2, -0.15) is 0 Å². The van der Waals surface area contributed by atoms with Crippen LogP contribution >= 0.6 is 0 Å². The summed E-state index contributed by atoms with van der Waals surface area (Å²) in [4.78, 5) is 41.8. The predicted octanol–water partition coefficient (Wildman–Crippen LogP) is 2.21. The van der Waals surface area contributed by atoms with E-state index in [1.165, 1.54) is 11.0 Å². The molecule has 0 aliphatic carbocycles. The highest BCUT2D eigenvalue weighted by molar-refractivity contribution is 6.20. The molecule has 0 saturated carbocycles. The van der Waals surface area contributed by atoms with E-state index in [1.54, 1.807) is 19.1 Å². The molecule has 3 atom stereocenters. The van der Waals surface area contributed by atoms with Crippen molar-refractivity contribution < 1.29 is 18.8 Å². The van der Waals surface area contributed by atoms with E-state index in [0.29, 0.717) is 30.6 Å². The maximum atomic E-state index is 14.5. The third kappa shape index (κ3) is 2.06. The van der Waals surface area contributed by atoms with E-state index in [4.69, 9.17) is 0 Å². The van der Waals surface area contributed by atoms with Crippen molar-refractivity contribution in [3.05, 3.63) is 29.6 Å². The Bertz CT molecular complexity index is 811. The monoisotopic (exact) mass is 359 g/mol. The number of barbiturate groups is 1. The highest BCUT2D eigenvalue weighted by Gasteiger charge is 2.63. The highest BCUT2D eigenvalue weighted by atomic mass is 19.1. The SMILES string of the molecule is CC[C@@H](C)N1C(=O)NC(=O)[C@]2(Cc3cccc(F)c3N3CCC[C@@H]32)C1=O. The molecule has 7 heteroatoms. The number of nitrogens with one attached hydrogen (secondary N) is 1. The van der Waals surface area contributed by atoms with Gasteiger partial charge in [0.25, 0.3) is 0 Å². The van der Waals surface area contributed by atoms with Crippen molar-refractivity contribution in [1.82, 2.24) is 10.2 Å². The third-order valence-electron chi connectivity index (χ3n) is 6.12. The summed E-state index contributed by atoms with van der Waals surface area (Å²) in [5.41, 5.74) is -0.243. The Hall–Kier alpha value is -2.44. The van der Waals surface area contributed by atoms with Crippen LogP contribution in [0.3, 0.4) is 0 Å². The van der Waals surface area contributed by atoms with E-state index in [2.05, 4.69) is 5.32 Å². The quantitative estimate of drug-likeness (QED) is 0.822. The van der Waals surface area contributed by atoms with E-state index in [0.717, 1.165) is 6.42 Å². The molecule has 1 spiro atoms. The topological polar surface area (TPSA) is 69.7 Å². The summed E-state index contributed by atoms with van der Waals surface area (Å²) in [6.07, 6.45) is 2.11. The second kappa shape index (κ2) is 5.79. The van der Waals surface area contributed by atoms with Gasteiger partial charge < -0.3 is 4.90 Å². The Balaban J connectivity index is 1.88. The number of para-hydroxylation sites is 1. The highest BCUT2D eigenvalue weighted by Crippen LogP contribution is 2.49. The number of halogens is 1. The number of benzene rings is 1. The van der Waals surface area contributed by atoms with E-state index in [9.17, 15) is 18.8 Å². The summed E-state index contributed by atoms with van der Waals surface area (Å²) < 4.78 is 14.5. The lowest BCUT2D eigenvalue weighted by Crippen LogP contribution is -2.72. The maximum absolute atomic E-state index is 14.5. The normalized spacial score (nSPS) is 28.9. The molecule has 1 aromatic carbocycles. The van der Waals surface area contributed by atoms with Crippen molar-refractivity contribution in [1.29, 1.82) is 0 Å². The molecule has 26 heavy (non-hydrogen) atoms. The van der Waals surface area contributed by atoms with Crippen LogP contribution in [-0.4, -0.2) is 41.4 Å². The average molecular weight is 359 g/mol. The molecular weight excluding hydrogens is 337 g/mol. The molecule has 138 valence electrons. The van der Waals surface area contributed by atoms with Crippen LogP contribution in [0.2, 0.25) is 0 Å². The Labute approximate surface area is 151 Å². The molecule has 0 radical (unpaired) electrons. The molecule has 0 unspecified atom stereocenters. The molecule has 6 nitrogen and oxygen atoms in total. The van der Waals surface area contributed by atoms with Crippen LogP contribution in [0.4, 0.5) is 14.9 Å². The van der Waals surface area contributed by atoms with Crippen molar-refractivity contribution in [2.24, 2.45) is 5.41 Å². The number of anilines is 1. The zero-order chi connectivity index (χ0) is 18.6. The summed E-state index contributed by atoms with van der Waals surface area (Å²) in [5, 5.41) is 2.40. The van der Waals surface area contributed by atoms with Crippen molar-refractivity contribution in [3.63, 3.8) is 0 Å². The summed E-state index contributed by atoms with van der Waals surface area (Å²) >= 11 is 0. The molecule has 0 bridgehead atoms. The second-order valence-corrected chi connectivity index (χ2v) is 7.44. The molecule has 2 fully saturated rings. The number of hydrogen-bond acceptors (Lipinski definition) is 4. The molecular formula is C19H22FN3O3. The lowest BCUT2D eigenvalue weighted by Gasteiger charge is -2.50. The van der Waals surface area contributed by atoms with Crippen molar-refractivity contribution in [2.75, 3.05) is 11.4 Å². The smallest absolute Gasteiger partial charge is 0.331 e.